The summed E-state index contributed by atoms with van der Waals surface area (Å²) in [5, 5.41) is 18.4. The maximum absolute atomic E-state index is 9.21. The van der Waals surface area contributed by atoms with Crippen LogP contribution in [0.1, 0.15) is 18.9 Å². The number of piperazine rings is 1. The lowest BCUT2D eigenvalue weighted by Gasteiger charge is -2.45. The van der Waals surface area contributed by atoms with Gasteiger partial charge in [-0.15, -0.1) is 0 Å². The van der Waals surface area contributed by atoms with E-state index in [0.29, 0.717) is 12.1 Å². The Morgan fingerprint density at radius 3 is 2.79 bits per heavy atom. The molecule has 1 N–H and O–H groups in total. The van der Waals surface area contributed by atoms with Crippen molar-refractivity contribution >= 4 is 5.69 Å². The van der Waals surface area contributed by atoms with Gasteiger partial charge in [-0.05, 0) is 32.5 Å². The quantitative estimate of drug-likeness (QED) is 0.892. The van der Waals surface area contributed by atoms with Crippen LogP contribution in [0.25, 0.3) is 0 Å². The van der Waals surface area contributed by atoms with Crippen molar-refractivity contribution in [1.82, 2.24) is 4.90 Å². The molecule has 19 heavy (non-hydrogen) atoms. The minimum Gasteiger partial charge on any atom is -0.396 e. The van der Waals surface area contributed by atoms with Crippen molar-refractivity contribution in [2.75, 3.05) is 31.6 Å². The highest BCUT2D eigenvalue weighted by molar-refractivity contribution is 5.59. The summed E-state index contributed by atoms with van der Waals surface area (Å²) < 4.78 is 0. The fraction of sp³-hybridized carbons (Fsp3) is 0.533. The molecule has 1 aromatic rings. The first kappa shape index (κ1) is 13.9. The number of anilines is 1. The predicted molar refractivity (Wildman–Crippen MR) is 76.1 cm³/mol. The summed E-state index contributed by atoms with van der Waals surface area (Å²) >= 11 is 0. The highest BCUT2D eigenvalue weighted by Crippen LogP contribution is 2.25. The van der Waals surface area contributed by atoms with E-state index in [9.17, 15) is 10.4 Å². The monoisotopic (exact) mass is 259 g/mol. The minimum absolute atomic E-state index is 0.204. The second-order valence-electron chi connectivity index (χ2n) is 5.21. The van der Waals surface area contributed by atoms with Gasteiger partial charge in [0.1, 0.15) is 6.07 Å². The summed E-state index contributed by atoms with van der Waals surface area (Å²) in [5.41, 5.74) is 1.73. The standard InChI is InChI=1S/C15H21N3O/c1-12-10-18(11-14(7-8-19)17(12)2)15-6-4-3-5-13(15)9-16/h3-6,12,14,19H,7-8,10-11H2,1-2H3. The fourth-order valence-corrected chi connectivity index (χ4v) is 2.75. The lowest BCUT2D eigenvalue weighted by molar-refractivity contribution is 0.128. The Kier molecular flexibility index (Phi) is 4.41. The number of hydrogen-bond acceptors (Lipinski definition) is 4. The van der Waals surface area contributed by atoms with Crippen LogP contribution < -0.4 is 4.90 Å². The molecular formula is C15H21N3O. The molecule has 2 rings (SSSR count). The average Bonchev–Trinajstić information content (AvgIpc) is 2.43. The Labute approximate surface area is 114 Å². The number of rotatable bonds is 3. The molecule has 1 aromatic carbocycles. The molecule has 1 saturated heterocycles. The average molecular weight is 259 g/mol. The Balaban J connectivity index is 2.23. The second-order valence-corrected chi connectivity index (χ2v) is 5.21. The molecule has 0 saturated carbocycles. The van der Waals surface area contributed by atoms with E-state index in [1.165, 1.54) is 0 Å². The van der Waals surface area contributed by atoms with Crippen molar-refractivity contribution in [3.05, 3.63) is 29.8 Å². The van der Waals surface area contributed by atoms with Crippen LogP contribution in [0.3, 0.4) is 0 Å². The number of para-hydroxylation sites is 1. The van der Waals surface area contributed by atoms with Crippen LogP contribution in [0.5, 0.6) is 0 Å². The van der Waals surface area contributed by atoms with E-state index in [4.69, 9.17) is 0 Å². The van der Waals surface area contributed by atoms with Crippen LogP contribution in [-0.4, -0.2) is 48.8 Å². The lowest BCUT2D eigenvalue weighted by atomic mass is 10.0. The Morgan fingerprint density at radius 1 is 1.37 bits per heavy atom. The Bertz CT molecular complexity index is 469. The normalized spacial score (nSPS) is 24.2. The van der Waals surface area contributed by atoms with Crippen LogP contribution in [0.15, 0.2) is 24.3 Å². The summed E-state index contributed by atoms with van der Waals surface area (Å²) in [4.78, 5) is 4.59. The summed E-state index contributed by atoms with van der Waals surface area (Å²) in [7, 11) is 2.11. The molecule has 4 heteroatoms. The zero-order valence-corrected chi connectivity index (χ0v) is 11.6. The SMILES string of the molecule is CC1CN(c2ccccc2C#N)CC(CCO)N1C. The van der Waals surface area contributed by atoms with Gasteiger partial charge < -0.3 is 10.0 Å². The molecule has 0 aliphatic carbocycles. The molecule has 4 nitrogen and oxygen atoms in total. The first-order valence-electron chi connectivity index (χ1n) is 6.74. The topological polar surface area (TPSA) is 50.5 Å². The zero-order valence-electron chi connectivity index (χ0n) is 11.6. The maximum atomic E-state index is 9.21. The highest BCUT2D eigenvalue weighted by Gasteiger charge is 2.29. The van der Waals surface area contributed by atoms with Crippen molar-refractivity contribution in [3.8, 4) is 6.07 Å². The van der Waals surface area contributed by atoms with E-state index in [1.54, 1.807) is 0 Å². The third kappa shape index (κ3) is 2.89. The highest BCUT2D eigenvalue weighted by atomic mass is 16.3. The fourth-order valence-electron chi connectivity index (χ4n) is 2.75. The third-order valence-corrected chi connectivity index (χ3v) is 4.01. The van der Waals surface area contributed by atoms with Gasteiger partial charge in [0.15, 0.2) is 0 Å². The Hall–Kier alpha value is -1.57. The third-order valence-electron chi connectivity index (χ3n) is 4.01. The first-order valence-corrected chi connectivity index (χ1v) is 6.74. The molecule has 2 unspecified atom stereocenters. The molecule has 0 radical (unpaired) electrons. The number of benzene rings is 1. The summed E-state index contributed by atoms with van der Waals surface area (Å²) in [6, 6.07) is 10.7. The summed E-state index contributed by atoms with van der Waals surface area (Å²) in [5.74, 6) is 0. The van der Waals surface area contributed by atoms with Crippen LogP contribution in [0, 0.1) is 11.3 Å². The molecule has 1 aliphatic rings. The largest absolute Gasteiger partial charge is 0.396 e. The lowest BCUT2D eigenvalue weighted by Crippen LogP contribution is -2.56. The van der Waals surface area contributed by atoms with Crippen molar-refractivity contribution < 1.29 is 5.11 Å². The molecule has 1 fully saturated rings. The van der Waals surface area contributed by atoms with E-state index in [1.807, 2.05) is 24.3 Å². The minimum atomic E-state index is 0.204. The van der Waals surface area contributed by atoms with Gasteiger partial charge in [-0.25, -0.2) is 0 Å². The summed E-state index contributed by atoms with van der Waals surface area (Å²) in [6.45, 7) is 4.16. The Morgan fingerprint density at radius 2 is 2.11 bits per heavy atom. The van der Waals surface area contributed by atoms with Gasteiger partial charge in [0.25, 0.3) is 0 Å². The van der Waals surface area contributed by atoms with Crippen molar-refractivity contribution in [3.63, 3.8) is 0 Å². The van der Waals surface area contributed by atoms with Crippen molar-refractivity contribution in [1.29, 1.82) is 5.26 Å². The van der Waals surface area contributed by atoms with E-state index < -0.39 is 0 Å². The van der Waals surface area contributed by atoms with Gasteiger partial charge in [-0.2, -0.15) is 5.26 Å². The van der Waals surface area contributed by atoms with Crippen LogP contribution >= 0.6 is 0 Å². The molecule has 0 amide bonds. The van der Waals surface area contributed by atoms with Crippen LogP contribution in [0.2, 0.25) is 0 Å². The molecule has 0 spiro atoms. The van der Waals surface area contributed by atoms with E-state index in [0.717, 1.165) is 30.8 Å². The number of aliphatic hydroxyl groups is 1. The van der Waals surface area contributed by atoms with E-state index >= 15 is 0 Å². The van der Waals surface area contributed by atoms with Gasteiger partial charge in [0.05, 0.1) is 11.3 Å². The van der Waals surface area contributed by atoms with E-state index in [-0.39, 0.29) is 6.61 Å². The van der Waals surface area contributed by atoms with Crippen molar-refractivity contribution in [2.45, 2.75) is 25.4 Å². The molecule has 2 atom stereocenters. The molecule has 0 bridgehead atoms. The second kappa shape index (κ2) is 6.05. The summed E-state index contributed by atoms with van der Waals surface area (Å²) in [6.07, 6.45) is 0.770. The van der Waals surface area contributed by atoms with Gasteiger partial charge in [-0.3, -0.25) is 4.90 Å². The van der Waals surface area contributed by atoms with Gasteiger partial charge in [0.2, 0.25) is 0 Å². The number of hydrogen-bond donors (Lipinski definition) is 1. The molecule has 102 valence electrons. The number of nitriles is 1. The maximum Gasteiger partial charge on any atom is 0.101 e. The first-order chi connectivity index (χ1) is 9.17. The van der Waals surface area contributed by atoms with E-state index in [2.05, 4.69) is 29.8 Å². The zero-order chi connectivity index (χ0) is 13.8. The molecule has 1 heterocycles. The van der Waals surface area contributed by atoms with Crippen molar-refractivity contribution in [2.24, 2.45) is 0 Å². The van der Waals surface area contributed by atoms with Gasteiger partial charge in [-0.1, -0.05) is 12.1 Å². The van der Waals surface area contributed by atoms with Gasteiger partial charge >= 0.3 is 0 Å². The molecule has 0 aromatic heterocycles. The predicted octanol–water partition coefficient (Wildman–Crippen LogP) is 1.45. The number of nitrogens with zero attached hydrogens (tertiary/aromatic N) is 3. The molecular weight excluding hydrogens is 238 g/mol. The van der Waals surface area contributed by atoms with Crippen LogP contribution in [0.4, 0.5) is 5.69 Å². The number of aliphatic hydroxyl groups excluding tert-OH is 1. The van der Waals surface area contributed by atoms with Gasteiger partial charge in [0, 0.05) is 31.8 Å². The molecule has 1 aliphatic heterocycles. The smallest absolute Gasteiger partial charge is 0.101 e. The van der Waals surface area contributed by atoms with Crippen LogP contribution in [-0.2, 0) is 0 Å². The number of likely N-dealkylation sites (N-methyl/N-ethyl adjacent to an activating group) is 1.